The minimum Gasteiger partial charge on any atom is -0.357 e. The zero-order chi connectivity index (χ0) is 14.1. The summed E-state index contributed by atoms with van der Waals surface area (Å²) in [6.45, 7) is 3.85. The van der Waals surface area contributed by atoms with Crippen LogP contribution in [0.1, 0.15) is 25.8 Å². The Kier molecular flexibility index (Phi) is 2.98. The van der Waals surface area contributed by atoms with Crippen LogP contribution in [0.2, 0.25) is 0 Å². The van der Waals surface area contributed by atoms with E-state index in [1.54, 1.807) is 12.3 Å². The second kappa shape index (κ2) is 4.80. The SMILES string of the molecule is CC(C)NC(=O)c1cc(-c2ncnc3[nH]ccc23)c[nH]1.[HH]. The van der Waals surface area contributed by atoms with Crippen molar-refractivity contribution in [3.63, 3.8) is 0 Å². The average Bonchev–Trinajstić information content (AvgIpc) is 3.06. The minimum absolute atomic E-state index is 0. The molecule has 0 aliphatic carbocycles. The van der Waals surface area contributed by atoms with Gasteiger partial charge in [0.05, 0.1) is 5.69 Å². The molecule has 3 rings (SSSR count). The van der Waals surface area contributed by atoms with Gasteiger partial charge in [-0.25, -0.2) is 9.97 Å². The summed E-state index contributed by atoms with van der Waals surface area (Å²) < 4.78 is 0. The molecule has 0 unspecified atom stereocenters. The van der Waals surface area contributed by atoms with E-state index in [9.17, 15) is 4.79 Å². The van der Waals surface area contributed by atoms with Gasteiger partial charge in [0.1, 0.15) is 17.7 Å². The lowest BCUT2D eigenvalue weighted by atomic mass is 10.1. The molecule has 3 heterocycles. The number of aromatic amines is 2. The van der Waals surface area contributed by atoms with E-state index in [1.165, 1.54) is 6.33 Å². The van der Waals surface area contributed by atoms with E-state index in [-0.39, 0.29) is 13.4 Å². The minimum atomic E-state index is -0.120. The van der Waals surface area contributed by atoms with Crippen LogP contribution in [0.25, 0.3) is 22.3 Å². The summed E-state index contributed by atoms with van der Waals surface area (Å²) in [5.41, 5.74) is 2.97. The monoisotopic (exact) mass is 271 g/mol. The Morgan fingerprint density at radius 1 is 1.35 bits per heavy atom. The number of nitrogens with one attached hydrogen (secondary N) is 3. The van der Waals surface area contributed by atoms with Crippen molar-refractivity contribution in [1.82, 2.24) is 25.3 Å². The molecule has 0 fully saturated rings. The molecule has 0 spiro atoms. The summed E-state index contributed by atoms with van der Waals surface area (Å²) in [7, 11) is 0. The largest absolute Gasteiger partial charge is 0.357 e. The van der Waals surface area contributed by atoms with Gasteiger partial charge in [-0.05, 0) is 26.0 Å². The van der Waals surface area contributed by atoms with Crippen molar-refractivity contribution in [2.45, 2.75) is 19.9 Å². The van der Waals surface area contributed by atoms with E-state index >= 15 is 0 Å². The molecule has 1 amide bonds. The standard InChI is InChI=1S/C14H15N5O.H2/c1-8(2)19-14(20)11-5-9(6-16-11)12-10-3-4-15-13(10)18-7-17-12;/h3-8,16H,1-2H3,(H,19,20)(H,15,17,18);1H. The van der Waals surface area contributed by atoms with Gasteiger partial charge < -0.3 is 15.3 Å². The second-order valence-corrected chi connectivity index (χ2v) is 4.89. The molecule has 0 bridgehead atoms. The van der Waals surface area contributed by atoms with Crippen LogP contribution in [0, 0.1) is 0 Å². The fraction of sp³-hybridized carbons (Fsp3) is 0.214. The first-order valence-electron chi connectivity index (χ1n) is 6.43. The first-order valence-corrected chi connectivity index (χ1v) is 6.43. The van der Waals surface area contributed by atoms with Gasteiger partial charge in [0.15, 0.2) is 0 Å². The van der Waals surface area contributed by atoms with Gasteiger partial charge in [0.2, 0.25) is 0 Å². The number of hydrogen-bond acceptors (Lipinski definition) is 3. The molecule has 0 radical (unpaired) electrons. The smallest absolute Gasteiger partial charge is 0.267 e. The number of fused-ring (bicyclic) bond motifs is 1. The second-order valence-electron chi connectivity index (χ2n) is 4.89. The molecule has 0 aliphatic heterocycles. The fourth-order valence-corrected chi connectivity index (χ4v) is 2.10. The van der Waals surface area contributed by atoms with Gasteiger partial charge in [0, 0.05) is 30.8 Å². The molecule has 0 saturated heterocycles. The summed E-state index contributed by atoms with van der Waals surface area (Å²) >= 11 is 0. The van der Waals surface area contributed by atoms with E-state index in [4.69, 9.17) is 0 Å². The molecule has 20 heavy (non-hydrogen) atoms. The summed E-state index contributed by atoms with van der Waals surface area (Å²) in [5, 5.41) is 3.78. The van der Waals surface area contributed by atoms with Crippen molar-refractivity contribution in [2.24, 2.45) is 0 Å². The Hall–Kier alpha value is -2.63. The Morgan fingerprint density at radius 2 is 2.20 bits per heavy atom. The Balaban J connectivity index is 0.00000161. The molecule has 6 heteroatoms. The predicted octanol–water partition coefficient (Wildman–Crippen LogP) is 2.34. The van der Waals surface area contributed by atoms with Crippen molar-refractivity contribution >= 4 is 16.9 Å². The van der Waals surface area contributed by atoms with Crippen LogP contribution in [0.4, 0.5) is 0 Å². The highest BCUT2D eigenvalue weighted by atomic mass is 16.1. The lowest BCUT2D eigenvalue weighted by Crippen LogP contribution is -2.30. The van der Waals surface area contributed by atoms with Crippen molar-refractivity contribution < 1.29 is 6.22 Å². The Morgan fingerprint density at radius 3 is 3.00 bits per heavy atom. The predicted molar refractivity (Wildman–Crippen MR) is 78.4 cm³/mol. The van der Waals surface area contributed by atoms with Crippen molar-refractivity contribution in [3.05, 3.63) is 36.5 Å². The molecule has 104 valence electrons. The quantitative estimate of drug-likeness (QED) is 0.683. The maximum Gasteiger partial charge on any atom is 0.267 e. The van der Waals surface area contributed by atoms with Gasteiger partial charge in [0.25, 0.3) is 5.91 Å². The number of rotatable bonds is 3. The Bertz CT molecular complexity index is 761. The van der Waals surface area contributed by atoms with Crippen LogP contribution in [0.15, 0.2) is 30.9 Å². The van der Waals surface area contributed by atoms with E-state index in [0.29, 0.717) is 5.69 Å². The molecular weight excluding hydrogens is 254 g/mol. The molecule has 3 aromatic heterocycles. The topological polar surface area (TPSA) is 86.5 Å². The zero-order valence-corrected chi connectivity index (χ0v) is 11.3. The van der Waals surface area contributed by atoms with Crippen LogP contribution in [-0.2, 0) is 0 Å². The summed E-state index contributed by atoms with van der Waals surface area (Å²) in [6, 6.07) is 3.82. The van der Waals surface area contributed by atoms with Gasteiger partial charge in [-0.1, -0.05) is 0 Å². The number of amides is 1. The van der Waals surface area contributed by atoms with E-state index in [0.717, 1.165) is 22.3 Å². The van der Waals surface area contributed by atoms with Crippen LogP contribution in [0.3, 0.4) is 0 Å². The Labute approximate surface area is 117 Å². The summed E-state index contributed by atoms with van der Waals surface area (Å²) in [4.78, 5) is 26.4. The van der Waals surface area contributed by atoms with Gasteiger partial charge in [-0.15, -0.1) is 0 Å². The van der Waals surface area contributed by atoms with Crippen LogP contribution < -0.4 is 5.32 Å². The molecule has 0 atom stereocenters. The van der Waals surface area contributed by atoms with Gasteiger partial charge >= 0.3 is 0 Å². The van der Waals surface area contributed by atoms with Crippen molar-refractivity contribution in [3.8, 4) is 11.3 Å². The molecule has 0 saturated carbocycles. The number of H-pyrrole nitrogens is 2. The number of carbonyl (C=O) groups is 1. The maximum atomic E-state index is 11.9. The third-order valence-corrected chi connectivity index (χ3v) is 2.97. The van der Waals surface area contributed by atoms with Gasteiger partial charge in [-0.2, -0.15) is 0 Å². The third kappa shape index (κ3) is 2.16. The van der Waals surface area contributed by atoms with Crippen LogP contribution >= 0.6 is 0 Å². The molecule has 0 aromatic carbocycles. The highest BCUT2D eigenvalue weighted by Crippen LogP contribution is 2.25. The molecule has 3 N–H and O–H groups in total. The normalized spacial score (nSPS) is 11.2. The molecule has 6 nitrogen and oxygen atoms in total. The third-order valence-electron chi connectivity index (χ3n) is 2.97. The summed E-state index contributed by atoms with van der Waals surface area (Å²) in [5.74, 6) is -0.120. The first-order chi connectivity index (χ1) is 9.65. The molecular formula is C14H17N5O. The first kappa shape index (κ1) is 12.4. The number of aromatic nitrogens is 4. The number of carbonyl (C=O) groups excluding carboxylic acids is 1. The van der Waals surface area contributed by atoms with E-state index in [1.807, 2.05) is 26.1 Å². The van der Waals surface area contributed by atoms with Crippen LogP contribution in [0.5, 0.6) is 0 Å². The lowest BCUT2D eigenvalue weighted by Gasteiger charge is -2.05. The lowest BCUT2D eigenvalue weighted by molar-refractivity contribution is 0.0938. The number of hydrogen-bond donors (Lipinski definition) is 3. The molecule has 0 aliphatic rings. The highest BCUT2D eigenvalue weighted by molar-refractivity contribution is 5.96. The van der Waals surface area contributed by atoms with Crippen molar-refractivity contribution in [2.75, 3.05) is 0 Å². The zero-order valence-electron chi connectivity index (χ0n) is 11.3. The van der Waals surface area contributed by atoms with Crippen molar-refractivity contribution in [1.29, 1.82) is 0 Å². The van der Waals surface area contributed by atoms with Crippen LogP contribution in [-0.4, -0.2) is 31.9 Å². The van der Waals surface area contributed by atoms with E-state index in [2.05, 4.69) is 25.3 Å². The maximum absolute atomic E-state index is 11.9. The number of nitrogens with zero attached hydrogens (tertiary/aromatic N) is 2. The average molecular weight is 271 g/mol. The molecule has 3 aromatic rings. The van der Waals surface area contributed by atoms with E-state index < -0.39 is 0 Å². The fourth-order valence-electron chi connectivity index (χ4n) is 2.10. The summed E-state index contributed by atoms with van der Waals surface area (Å²) in [6.07, 6.45) is 5.11. The highest BCUT2D eigenvalue weighted by Gasteiger charge is 2.13. The van der Waals surface area contributed by atoms with Gasteiger partial charge in [-0.3, -0.25) is 4.79 Å².